The largest absolute Gasteiger partial charge is 0.506 e. The Morgan fingerprint density at radius 2 is 1.36 bits per heavy atom. The van der Waals surface area contributed by atoms with Crippen molar-refractivity contribution in [3.63, 3.8) is 0 Å². The third-order valence-electron chi connectivity index (χ3n) is 7.10. The maximum Gasteiger partial charge on any atom is 0.238 e. The van der Waals surface area contributed by atoms with E-state index in [-0.39, 0.29) is 16.9 Å². The first-order valence-electron chi connectivity index (χ1n) is 13.5. The molecule has 0 heterocycles. The van der Waals surface area contributed by atoms with E-state index in [0.717, 1.165) is 48.0 Å². The van der Waals surface area contributed by atoms with Crippen molar-refractivity contribution in [2.45, 2.75) is 79.1 Å². The van der Waals surface area contributed by atoms with Crippen LogP contribution in [0.25, 0.3) is 17.7 Å². The SMILES string of the molecule is C=c1cc/c(=C2/C(=O)C(=O)C(c3ccc(N(CCCCCC)CCCCCC)cc3C)=C2O)c(C)c1. The number of Topliss-reactive ketones (excluding diaryl/α,β-unsaturated/α-hetero) is 2. The summed E-state index contributed by atoms with van der Waals surface area (Å²) in [5.74, 6) is -1.52. The fraction of sp³-hybridized carbons (Fsp3) is 0.438. The number of hydrogen-bond donors (Lipinski definition) is 1. The zero-order chi connectivity index (χ0) is 26.2. The highest BCUT2D eigenvalue weighted by molar-refractivity contribution is 6.70. The normalized spacial score (nSPS) is 15.2. The quantitative estimate of drug-likeness (QED) is 0.297. The molecule has 4 nitrogen and oxygen atoms in total. The summed E-state index contributed by atoms with van der Waals surface area (Å²) in [5, 5.41) is 12.5. The van der Waals surface area contributed by atoms with Gasteiger partial charge in [-0.15, -0.1) is 0 Å². The summed E-state index contributed by atoms with van der Waals surface area (Å²) in [4.78, 5) is 28.4. The molecule has 0 radical (unpaired) electrons. The second-order valence-electron chi connectivity index (χ2n) is 10.0. The predicted octanol–water partition coefficient (Wildman–Crippen LogP) is 5.95. The van der Waals surface area contributed by atoms with Crippen LogP contribution >= 0.6 is 0 Å². The lowest BCUT2D eigenvalue weighted by Crippen LogP contribution is -2.26. The molecule has 36 heavy (non-hydrogen) atoms. The average molecular weight is 488 g/mol. The van der Waals surface area contributed by atoms with E-state index in [1.165, 1.54) is 38.5 Å². The highest BCUT2D eigenvalue weighted by atomic mass is 16.3. The van der Waals surface area contributed by atoms with E-state index >= 15 is 0 Å². The van der Waals surface area contributed by atoms with Crippen LogP contribution in [0.15, 0.2) is 42.2 Å². The van der Waals surface area contributed by atoms with Crippen molar-refractivity contribution in [1.82, 2.24) is 0 Å². The van der Waals surface area contributed by atoms with Gasteiger partial charge in [-0.3, -0.25) is 9.59 Å². The van der Waals surface area contributed by atoms with Crippen LogP contribution in [0.4, 0.5) is 5.69 Å². The molecule has 0 bridgehead atoms. The molecule has 0 saturated heterocycles. The summed E-state index contributed by atoms with van der Waals surface area (Å²) < 4.78 is 0. The Morgan fingerprint density at radius 3 is 1.92 bits per heavy atom. The molecule has 0 spiro atoms. The molecule has 0 saturated carbocycles. The highest BCUT2D eigenvalue weighted by Gasteiger charge is 2.38. The first-order chi connectivity index (χ1) is 17.3. The highest BCUT2D eigenvalue weighted by Crippen LogP contribution is 2.35. The van der Waals surface area contributed by atoms with Gasteiger partial charge >= 0.3 is 0 Å². The standard InChI is InChI=1S/C32H41NO3/c1-6-8-10-12-18-33(19-13-11-9-7-2)25-15-17-27(24(5)21-25)29-30(34)28(31(35)32(29)36)26-16-14-22(3)20-23(26)4/h14-17,20-21,34H,3,6-13,18-19H2,1-2,4-5H3/b28-26-. The van der Waals surface area contributed by atoms with Crippen molar-refractivity contribution < 1.29 is 14.7 Å². The molecule has 0 amide bonds. The third-order valence-corrected chi connectivity index (χ3v) is 7.10. The van der Waals surface area contributed by atoms with Crippen molar-refractivity contribution in [2.75, 3.05) is 18.0 Å². The van der Waals surface area contributed by atoms with Crippen LogP contribution in [-0.4, -0.2) is 29.8 Å². The van der Waals surface area contributed by atoms with Crippen LogP contribution < -0.4 is 15.3 Å². The monoisotopic (exact) mass is 487 g/mol. The van der Waals surface area contributed by atoms with Gasteiger partial charge in [0, 0.05) is 18.8 Å². The maximum atomic E-state index is 13.0. The van der Waals surface area contributed by atoms with E-state index in [1.807, 2.05) is 32.0 Å². The minimum atomic E-state index is -0.653. The lowest BCUT2D eigenvalue weighted by atomic mass is 9.97. The summed E-state index contributed by atoms with van der Waals surface area (Å²) in [7, 11) is 0. The van der Waals surface area contributed by atoms with E-state index in [1.54, 1.807) is 12.1 Å². The van der Waals surface area contributed by atoms with Crippen LogP contribution in [0, 0.1) is 13.8 Å². The fourth-order valence-electron chi connectivity index (χ4n) is 5.03. The van der Waals surface area contributed by atoms with Gasteiger partial charge in [0.25, 0.3) is 0 Å². The summed E-state index contributed by atoms with van der Waals surface area (Å²) in [6.45, 7) is 14.2. The van der Waals surface area contributed by atoms with E-state index < -0.39 is 11.6 Å². The van der Waals surface area contributed by atoms with E-state index in [2.05, 4.69) is 31.4 Å². The molecule has 2 aromatic rings. The molecule has 0 unspecified atom stereocenters. The second-order valence-corrected chi connectivity index (χ2v) is 10.0. The summed E-state index contributed by atoms with van der Waals surface area (Å²) >= 11 is 0. The van der Waals surface area contributed by atoms with E-state index in [0.29, 0.717) is 10.8 Å². The topological polar surface area (TPSA) is 57.6 Å². The van der Waals surface area contributed by atoms with Gasteiger partial charge in [-0.2, -0.15) is 0 Å². The molecule has 0 atom stereocenters. The van der Waals surface area contributed by atoms with Gasteiger partial charge in [-0.25, -0.2) is 0 Å². The maximum absolute atomic E-state index is 13.0. The van der Waals surface area contributed by atoms with Crippen molar-refractivity contribution in [2.24, 2.45) is 0 Å². The fourth-order valence-corrected chi connectivity index (χ4v) is 5.03. The first kappa shape index (κ1) is 27.4. The minimum Gasteiger partial charge on any atom is -0.506 e. The number of hydrogen-bond acceptors (Lipinski definition) is 4. The number of carbonyl (C=O) groups excluding carboxylic acids is 2. The Bertz CT molecular complexity index is 1240. The molecule has 4 heteroatoms. The zero-order valence-corrected chi connectivity index (χ0v) is 22.5. The van der Waals surface area contributed by atoms with Gasteiger partial charge in [0.15, 0.2) is 0 Å². The molecule has 0 aliphatic heterocycles. The van der Waals surface area contributed by atoms with Gasteiger partial charge in [0.2, 0.25) is 11.6 Å². The van der Waals surface area contributed by atoms with Gasteiger partial charge in [-0.05, 0) is 65.9 Å². The molecular weight excluding hydrogens is 446 g/mol. The lowest BCUT2D eigenvalue weighted by molar-refractivity contribution is -0.129. The number of aliphatic hydroxyl groups excluding tert-OH is 1. The van der Waals surface area contributed by atoms with E-state index in [4.69, 9.17) is 0 Å². The number of allylic oxidation sites excluding steroid dienone is 2. The van der Waals surface area contributed by atoms with Crippen molar-refractivity contribution >= 4 is 35.0 Å². The molecule has 192 valence electrons. The molecular formula is C32H41NO3. The molecule has 0 fully saturated rings. The number of unbranched alkanes of at least 4 members (excludes halogenated alkanes) is 6. The average Bonchev–Trinajstić information content (AvgIpc) is 3.06. The Balaban J connectivity index is 1.96. The summed E-state index contributed by atoms with van der Waals surface area (Å²) in [6, 6.07) is 11.4. The summed E-state index contributed by atoms with van der Waals surface area (Å²) in [5.41, 5.74) is 3.63. The molecule has 2 aromatic carbocycles. The van der Waals surface area contributed by atoms with Crippen LogP contribution in [0.2, 0.25) is 0 Å². The minimum absolute atomic E-state index is 0.0875. The van der Waals surface area contributed by atoms with Gasteiger partial charge in [-0.1, -0.05) is 83.2 Å². The number of rotatable bonds is 12. The smallest absolute Gasteiger partial charge is 0.238 e. The Kier molecular flexibility index (Phi) is 9.69. The molecule has 1 aliphatic carbocycles. The van der Waals surface area contributed by atoms with Crippen molar-refractivity contribution in [1.29, 1.82) is 0 Å². The Labute approximate surface area is 216 Å². The van der Waals surface area contributed by atoms with Gasteiger partial charge in [0.1, 0.15) is 5.76 Å². The Morgan fingerprint density at radius 1 is 0.750 bits per heavy atom. The number of ketones is 2. The zero-order valence-electron chi connectivity index (χ0n) is 22.5. The molecule has 1 N–H and O–H groups in total. The molecule has 0 aromatic heterocycles. The number of aryl methyl sites for hydroxylation is 2. The molecule has 1 aliphatic rings. The van der Waals surface area contributed by atoms with Crippen LogP contribution in [0.3, 0.4) is 0 Å². The number of aliphatic hydroxyl groups is 1. The molecule has 3 rings (SSSR count). The third kappa shape index (κ3) is 6.16. The number of nitrogens with zero attached hydrogens (tertiary/aromatic N) is 1. The van der Waals surface area contributed by atoms with Crippen molar-refractivity contribution in [3.8, 4) is 0 Å². The predicted molar refractivity (Wildman–Crippen MR) is 151 cm³/mol. The lowest BCUT2D eigenvalue weighted by Gasteiger charge is -2.26. The second kappa shape index (κ2) is 12.7. The number of anilines is 1. The Hall–Kier alpha value is -3.14. The van der Waals surface area contributed by atoms with Crippen LogP contribution in [-0.2, 0) is 9.59 Å². The van der Waals surface area contributed by atoms with Gasteiger partial charge in [0.05, 0.1) is 11.1 Å². The first-order valence-corrected chi connectivity index (χ1v) is 13.5. The number of carbonyl (C=O) groups is 2. The van der Waals surface area contributed by atoms with E-state index in [9.17, 15) is 14.7 Å². The summed E-state index contributed by atoms with van der Waals surface area (Å²) in [6.07, 6.45) is 9.70. The van der Waals surface area contributed by atoms with Crippen LogP contribution in [0.1, 0.15) is 81.9 Å². The number of benzene rings is 2. The van der Waals surface area contributed by atoms with Crippen LogP contribution in [0.5, 0.6) is 0 Å². The van der Waals surface area contributed by atoms with Crippen molar-refractivity contribution in [3.05, 3.63) is 69.3 Å². The van der Waals surface area contributed by atoms with Gasteiger partial charge < -0.3 is 10.0 Å².